The van der Waals surface area contributed by atoms with Crippen LogP contribution in [0.1, 0.15) is 24.8 Å². The van der Waals surface area contributed by atoms with Crippen molar-refractivity contribution in [3.8, 4) is 0 Å². The number of nitrogens with zero attached hydrogens (tertiary/aromatic N) is 3. The fourth-order valence-electron chi connectivity index (χ4n) is 3.85. The first-order valence-electron chi connectivity index (χ1n) is 9.48. The first-order valence-corrected chi connectivity index (χ1v) is 9.48. The van der Waals surface area contributed by atoms with Crippen LogP contribution in [0, 0.1) is 12.8 Å². The number of nitrogens with two attached hydrogens (primary N) is 1. The maximum atomic E-state index is 12.8. The molecule has 4 rings (SSSR count). The highest BCUT2D eigenvalue weighted by atomic mass is 16.2. The monoisotopic (exact) mass is 381 g/mol. The zero-order chi connectivity index (χ0) is 19.8. The minimum atomic E-state index is -0.299. The van der Waals surface area contributed by atoms with Crippen LogP contribution in [0.15, 0.2) is 29.3 Å². The van der Waals surface area contributed by atoms with Crippen LogP contribution in [0.4, 0.5) is 0 Å². The molecule has 1 fully saturated rings. The van der Waals surface area contributed by atoms with Gasteiger partial charge < -0.3 is 15.6 Å². The number of aromatic amines is 1. The Morgan fingerprint density at radius 1 is 1.29 bits per heavy atom. The minimum absolute atomic E-state index is 0.0258. The fourth-order valence-corrected chi connectivity index (χ4v) is 3.85. The molecule has 8 nitrogen and oxygen atoms in total. The maximum absolute atomic E-state index is 12.8. The molecule has 1 saturated heterocycles. The lowest BCUT2D eigenvalue weighted by Gasteiger charge is -2.30. The fraction of sp³-hybridized carbons (Fsp3) is 0.400. The Balaban J connectivity index is 1.49. The Morgan fingerprint density at radius 2 is 2.04 bits per heavy atom. The number of hydrogen-bond donors (Lipinski definition) is 2. The number of carbonyl (C=O) groups excluding carboxylic acids is 2. The van der Waals surface area contributed by atoms with Crippen LogP contribution >= 0.6 is 0 Å². The van der Waals surface area contributed by atoms with Crippen molar-refractivity contribution in [1.82, 2.24) is 19.4 Å². The normalized spacial score (nSPS) is 15.4. The van der Waals surface area contributed by atoms with Gasteiger partial charge in [0.2, 0.25) is 11.8 Å². The van der Waals surface area contributed by atoms with E-state index in [4.69, 9.17) is 5.73 Å². The molecule has 1 aliphatic rings. The number of likely N-dealkylation sites (tertiary alicyclic amines) is 1. The highest BCUT2D eigenvalue weighted by Crippen LogP contribution is 2.22. The molecule has 0 bridgehead atoms. The number of piperidine rings is 1. The number of nitrogens with one attached hydrogen (secondary N) is 1. The summed E-state index contributed by atoms with van der Waals surface area (Å²) in [5.41, 5.74) is 8.23. The van der Waals surface area contributed by atoms with E-state index in [1.165, 1.54) is 10.9 Å². The van der Waals surface area contributed by atoms with Crippen LogP contribution in [0.25, 0.3) is 21.9 Å². The molecular formula is C20H23N5O3. The van der Waals surface area contributed by atoms with Crippen molar-refractivity contribution in [3.05, 3.63) is 40.4 Å². The summed E-state index contributed by atoms with van der Waals surface area (Å²) in [6, 6.07) is 5.93. The summed E-state index contributed by atoms with van der Waals surface area (Å²) < 4.78 is 1.47. The van der Waals surface area contributed by atoms with Gasteiger partial charge in [-0.3, -0.25) is 19.0 Å². The van der Waals surface area contributed by atoms with Crippen LogP contribution in [0.3, 0.4) is 0 Å². The van der Waals surface area contributed by atoms with E-state index in [0.29, 0.717) is 37.0 Å². The molecular weight excluding hydrogens is 358 g/mol. The molecule has 146 valence electrons. The predicted molar refractivity (Wildman–Crippen MR) is 106 cm³/mol. The highest BCUT2D eigenvalue weighted by molar-refractivity contribution is 6.04. The largest absolute Gasteiger partial charge is 0.369 e. The Morgan fingerprint density at radius 3 is 2.75 bits per heavy atom. The number of H-pyrrole nitrogens is 1. The van der Waals surface area contributed by atoms with E-state index < -0.39 is 0 Å². The molecule has 0 spiro atoms. The van der Waals surface area contributed by atoms with Gasteiger partial charge in [0, 0.05) is 42.9 Å². The predicted octanol–water partition coefficient (Wildman–Crippen LogP) is 1.30. The molecule has 0 unspecified atom stereocenters. The second kappa shape index (κ2) is 7.10. The van der Waals surface area contributed by atoms with Crippen LogP contribution in [-0.2, 0) is 16.1 Å². The van der Waals surface area contributed by atoms with Crippen molar-refractivity contribution >= 4 is 33.8 Å². The van der Waals surface area contributed by atoms with E-state index in [0.717, 1.165) is 16.5 Å². The van der Waals surface area contributed by atoms with Crippen molar-refractivity contribution in [3.63, 3.8) is 0 Å². The molecule has 3 N–H and O–H groups in total. The summed E-state index contributed by atoms with van der Waals surface area (Å²) in [7, 11) is 0. The van der Waals surface area contributed by atoms with E-state index in [1.807, 2.05) is 25.1 Å². The van der Waals surface area contributed by atoms with E-state index in [1.54, 1.807) is 4.90 Å². The van der Waals surface area contributed by atoms with Crippen LogP contribution < -0.4 is 11.3 Å². The van der Waals surface area contributed by atoms with Crippen molar-refractivity contribution in [2.24, 2.45) is 11.7 Å². The molecule has 0 saturated carbocycles. The topological polar surface area (TPSA) is 114 Å². The summed E-state index contributed by atoms with van der Waals surface area (Å²) in [5.74, 6) is -0.474. The summed E-state index contributed by atoms with van der Waals surface area (Å²) in [6.45, 7) is 3.32. The lowest BCUT2D eigenvalue weighted by molar-refractivity contribution is -0.135. The third-order valence-electron chi connectivity index (χ3n) is 5.54. The van der Waals surface area contributed by atoms with Gasteiger partial charge in [0.1, 0.15) is 11.0 Å². The molecule has 0 radical (unpaired) electrons. The second-order valence-corrected chi connectivity index (χ2v) is 7.45. The number of aryl methyl sites for hydroxylation is 2. The third-order valence-corrected chi connectivity index (χ3v) is 5.54. The first-order chi connectivity index (χ1) is 13.4. The number of fused-ring (bicyclic) bond motifs is 3. The zero-order valence-electron chi connectivity index (χ0n) is 15.8. The minimum Gasteiger partial charge on any atom is -0.369 e. The van der Waals surface area contributed by atoms with Gasteiger partial charge in [0.05, 0.1) is 6.33 Å². The van der Waals surface area contributed by atoms with Gasteiger partial charge in [0.25, 0.3) is 5.56 Å². The number of rotatable bonds is 4. The third kappa shape index (κ3) is 3.26. The summed E-state index contributed by atoms with van der Waals surface area (Å²) in [4.78, 5) is 45.8. The molecule has 1 aliphatic heterocycles. The molecule has 3 heterocycles. The molecule has 28 heavy (non-hydrogen) atoms. The lowest BCUT2D eigenvalue weighted by Crippen LogP contribution is -2.42. The number of hydrogen-bond acceptors (Lipinski definition) is 4. The highest BCUT2D eigenvalue weighted by Gasteiger charge is 2.25. The second-order valence-electron chi connectivity index (χ2n) is 7.45. The van der Waals surface area contributed by atoms with Gasteiger partial charge in [-0.25, -0.2) is 4.98 Å². The maximum Gasteiger partial charge on any atom is 0.277 e. The molecule has 2 amide bonds. The van der Waals surface area contributed by atoms with Gasteiger partial charge in [-0.15, -0.1) is 0 Å². The Bertz CT molecular complexity index is 1120. The van der Waals surface area contributed by atoms with Crippen LogP contribution in [-0.4, -0.2) is 44.3 Å². The first kappa shape index (κ1) is 18.2. The van der Waals surface area contributed by atoms with E-state index in [-0.39, 0.29) is 36.3 Å². The average Bonchev–Trinajstić information content (AvgIpc) is 3.06. The van der Waals surface area contributed by atoms with E-state index in [2.05, 4.69) is 9.97 Å². The molecule has 0 atom stereocenters. The van der Waals surface area contributed by atoms with E-state index >= 15 is 0 Å². The molecule has 3 aromatic rings. The van der Waals surface area contributed by atoms with Crippen molar-refractivity contribution in [1.29, 1.82) is 0 Å². The van der Waals surface area contributed by atoms with Crippen molar-refractivity contribution in [2.75, 3.05) is 13.1 Å². The van der Waals surface area contributed by atoms with Crippen LogP contribution in [0.5, 0.6) is 0 Å². The van der Waals surface area contributed by atoms with Gasteiger partial charge in [-0.2, -0.15) is 0 Å². The standard InChI is InChI=1S/C20H23N5O3/c1-12-2-3-15-14(10-12)17-18(23-15)20(28)25(11-22-17)9-6-16(26)24-7-4-13(5-8-24)19(21)27/h2-3,10-11,13,23H,4-9H2,1H3,(H2,21,27). The summed E-state index contributed by atoms with van der Waals surface area (Å²) in [5, 5.41) is 0.924. The average molecular weight is 381 g/mol. The van der Waals surface area contributed by atoms with Gasteiger partial charge >= 0.3 is 0 Å². The number of benzene rings is 1. The Labute approximate surface area is 161 Å². The molecule has 1 aromatic carbocycles. The zero-order valence-corrected chi connectivity index (χ0v) is 15.8. The summed E-state index contributed by atoms with van der Waals surface area (Å²) in [6.07, 6.45) is 2.92. The van der Waals surface area contributed by atoms with Crippen molar-refractivity contribution in [2.45, 2.75) is 32.7 Å². The number of amides is 2. The van der Waals surface area contributed by atoms with Gasteiger partial charge in [-0.05, 0) is 31.9 Å². The van der Waals surface area contributed by atoms with Crippen molar-refractivity contribution < 1.29 is 9.59 Å². The number of aromatic nitrogens is 3. The SMILES string of the molecule is Cc1ccc2[nH]c3c(=O)n(CCC(=O)N4CCC(C(N)=O)CC4)cnc3c2c1. The van der Waals surface area contributed by atoms with E-state index in [9.17, 15) is 14.4 Å². The number of carbonyl (C=O) groups is 2. The molecule has 0 aliphatic carbocycles. The summed E-state index contributed by atoms with van der Waals surface area (Å²) >= 11 is 0. The Hall–Kier alpha value is -3.16. The smallest absolute Gasteiger partial charge is 0.277 e. The molecule has 8 heteroatoms. The Kier molecular flexibility index (Phi) is 4.62. The lowest BCUT2D eigenvalue weighted by atomic mass is 9.96. The quantitative estimate of drug-likeness (QED) is 0.709. The van der Waals surface area contributed by atoms with Gasteiger partial charge in [0.15, 0.2) is 0 Å². The van der Waals surface area contributed by atoms with Crippen LogP contribution in [0.2, 0.25) is 0 Å². The van der Waals surface area contributed by atoms with Gasteiger partial charge in [-0.1, -0.05) is 11.6 Å². The molecule has 2 aromatic heterocycles. The number of primary amides is 1.